The largest absolute Gasteiger partial charge is 0.327 e. The molecule has 1 nitrogen and oxygen atoms in total. The summed E-state index contributed by atoms with van der Waals surface area (Å²) in [6.07, 6.45) is 4.16. The van der Waals surface area contributed by atoms with Crippen molar-refractivity contribution in [2.24, 2.45) is 11.7 Å². The van der Waals surface area contributed by atoms with Gasteiger partial charge in [-0.3, -0.25) is 0 Å². The fraction of sp³-hybridized carbons (Fsp3) is 0.500. The number of nitrogens with two attached hydrogens (primary N) is 1. The van der Waals surface area contributed by atoms with Crippen molar-refractivity contribution >= 4 is 11.6 Å². The van der Waals surface area contributed by atoms with Crippen molar-refractivity contribution in [2.75, 3.05) is 0 Å². The normalized spacial score (nSPS) is 17.8. The van der Waals surface area contributed by atoms with Crippen molar-refractivity contribution in [3.8, 4) is 0 Å². The van der Waals surface area contributed by atoms with Gasteiger partial charge < -0.3 is 5.73 Å². The van der Waals surface area contributed by atoms with Gasteiger partial charge >= 0.3 is 0 Å². The van der Waals surface area contributed by atoms with E-state index in [4.69, 9.17) is 17.3 Å². The summed E-state index contributed by atoms with van der Waals surface area (Å²) in [5, 5.41) is 0.574. The molecule has 3 heteroatoms. The van der Waals surface area contributed by atoms with Gasteiger partial charge in [-0.15, -0.1) is 0 Å². The number of hydrogen-bond donors (Lipinski definition) is 1. The van der Waals surface area contributed by atoms with Crippen LogP contribution in [-0.2, 0) is 6.42 Å². The predicted molar refractivity (Wildman–Crippen MR) is 60.4 cm³/mol. The first-order chi connectivity index (χ1) is 7.15. The maximum absolute atomic E-state index is 13.4. The highest BCUT2D eigenvalue weighted by molar-refractivity contribution is 6.30. The molecule has 0 saturated heterocycles. The van der Waals surface area contributed by atoms with Crippen molar-refractivity contribution < 1.29 is 4.39 Å². The van der Waals surface area contributed by atoms with E-state index in [1.54, 1.807) is 12.1 Å². The van der Waals surface area contributed by atoms with Gasteiger partial charge in [0.25, 0.3) is 0 Å². The molecular weight excluding hydrogens is 213 g/mol. The zero-order chi connectivity index (χ0) is 10.8. The van der Waals surface area contributed by atoms with Crippen LogP contribution in [0.5, 0.6) is 0 Å². The van der Waals surface area contributed by atoms with Crippen LogP contribution in [0, 0.1) is 11.7 Å². The molecule has 0 amide bonds. The Balaban J connectivity index is 1.98. The first kappa shape index (κ1) is 10.9. The van der Waals surface area contributed by atoms with Gasteiger partial charge in [0.1, 0.15) is 5.82 Å². The summed E-state index contributed by atoms with van der Waals surface area (Å²) in [5.41, 5.74) is 6.59. The SMILES string of the molecule is NC(Cc1cc(Cl)ccc1F)CC1CC1. The lowest BCUT2D eigenvalue weighted by Gasteiger charge is -2.11. The van der Waals surface area contributed by atoms with Crippen molar-refractivity contribution in [2.45, 2.75) is 31.7 Å². The highest BCUT2D eigenvalue weighted by Gasteiger charge is 2.24. The summed E-state index contributed by atoms with van der Waals surface area (Å²) in [6, 6.07) is 4.70. The number of rotatable bonds is 4. The molecule has 2 N–H and O–H groups in total. The molecule has 0 aliphatic heterocycles. The molecular formula is C12H15ClFN. The molecule has 0 heterocycles. The number of benzene rings is 1. The average Bonchev–Trinajstić information content (AvgIpc) is 2.95. The van der Waals surface area contributed by atoms with Crippen molar-refractivity contribution in [1.29, 1.82) is 0 Å². The molecule has 1 aliphatic carbocycles. The second-order valence-electron chi connectivity index (χ2n) is 4.38. The molecule has 2 rings (SSSR count). The zero-order valence-corrected chi connectivity index (χ0v) is 9.30. The van der Waals surface area contributed by atoms with Gasteiger partial charge in [0, 0.05) is 11.1 Å². The molecule has 1 aliphatic rings. The molecule has 0 radical (unpaired) electrons. The first-order valence-corrected chi connectivity index (χ1v) is 5.72. The van der Waals surface area contributed by atoms with Gasteiger partial charge in [-0.1, -0.05) is 24.4 Å². The Bertz CT molecular complexity index is 349. The second-order valence-corrected chi connectivity index (χ2v) is 4.82. The molecule has 1 unspecified atom stereocenters. The average molecular weight is 228 g/mol. The highest BCUT2D eigenvalue weighted by Crippen LogP contribution is 2.33. The molecule has 1 atom stereocenters. The lowest BCUT2D eigenvalue weighted by atomic mass is 10.0. The smallest absolute Gasteiger partial charge is 0.126 e. The van der Waals surface area contributed by atoms with E-state index in [9.17, 15) is 4.39 Å². The maximum Gasteiger partial charge on any atom is 0.126 e. The molecule has 1 saturated carbocycles. The summed E-state index contributed by atoms with van der Waals surface area (Å²) < 4.78 is 13.4. The van der Waals surface area contributed by atoms with Gasteiger partial charge in [-0.2, -0.15) is 0 Å². The van der Waals surface area contributed by atoms with Crippen molar-refractivity contribution in [3.63, 3.8) is 0 Å². The molecule has 82 valence electrons. The summed E-state index contributed by atoms with van der Waals surface area (Å²) in [5.74, 6) is 0.577. The monoisotopic (exact) mass is 227 g/mol. The molecule has 0 bridgehead atoms. The Morgan fingerprint density at radius 3 is 2.87 bits per heavy atom. The molecule has 1 aromatic rings. The van der Waals surface area contributed by atoms with Crippen LogP contribution in [-0.4, -0.2) is 6.04 Å². The lowest BCUT2D eigenvalue weighted by Crippen LogP contribution is -2.23. The predicted octanol–water partition coefficient (Wildman–Crippen LogP) is 3.15. The fourth-order valence-corrected chi connectivity index (χ4v) is 2.04. The van der Waals surface area contributed by atoms with E-state index in [-0.39, 0.29) is 11.9 Å². The van der Waals surface area contributed by atoms with Crippen LogP contribution in [0.15, 0.2) is 18.2 Å². The third-order valence-corrected chi connectivity index (χ3v) is 3.06. The minimum atomic E-state index is -0.203. The fourth-order valence-electron chi connectivity index (χ4n) is 1.85. The van der Waals surface area contributed by atoms with Gasteiger partial charge in [0.05, 0.1) is 0 Å². The molecule has 15 heavy (non-hydrogen) atoms. The zero-order valence-electron chi connectivity index (χ0n) is 8.55. The Kier molecular flexibility index (Phi) is 3.27. The third kappa shape index (κ3) is 3.18. The van der Waals surface area contributed by atoms with E-state index in [1.807, 2.05) is 0 Å². The summed E-state index contributed by atoms with van der Waals surface area (Å²) in [4.78, 5) is 0. The Morgan fingerprint density at radius 2 is 2.20 bits per heavy atom. The topological polar surface area (TPSA) is 26.0 Å². The van der Waals surface area contributed by atoms with Gasteiger partial charge in [0.2, 0.25) is 0 Å². The number of halogens is 2. The van der Waals surface area contributed by atoms with Gasteiger partial charge in [0.15, 0.2) is 0 Å². The Morgan fingerprint density at radius 1 is 1.47 bits per heavy atom. The summed E-state index contributed by atoms with van der Waals surface area (Å²) in [7, 11) is 0. The summed E-state index contributed by atoms with van der Waals surface area (Å²) in [6.45, 7) is 0. The van der Waals surface area contributed by atoms with Crippen molar-refractivity contribution in [3.05, 3.63) is 34.6 Å². The minimum absolute atomic E-state index is 0.0606. The Hall–Kier alpha value is -0.600. The lowest BCUT2D eigenvalue weighted by molar-refractivity contribution is 0.542. The van der Waals surface area contributed by atoms with Gasteiger partial charge in [-0.05, 0) is 42.5 Å². The van der Waals surface area contributed by atoms with Crippen LogP contribution < -0.4 is 5.73 Å². The van der Waals surface area contributed by atoms with E-state index in [0.717, 1.165) is 12.3 Å². The van der Waals surface area contributed by atoms with E-state index in [1.165, 1.54) is 18.9 Å². The minimum Gasteiger partial charge on any atom is -0.327 e. The molecule has 0 spiro atoms. The molecule has 0 aromatic heterocycles. The summed E-state index contributed by atoms with van der Waals surface area (Å²) >= 11 is 5.81. The standard InChI is InChI=1S/C12H15ClFN/c13-10-3-4-12(14)9(6-10)7-11(15)5-8-1-2-8/h3-4,6,8,11H,1-2,5,7,15H2. The van der Waals surface area contributed by atoms with Crippen LogP contribution in [0.3, 0.4) is 0 Å². The van der Waals surface area contributed by atoms with Gasteiger partial charge in [-0.25, -0.2) is 4.39 Å². The van der Waals surface area contributed by atoms with Crippen LogP contribution in [0.2, 0.25) is 5.02 Å². The van der Waals surface area contributed by atoms with E-state index in [2.05, 4.69) is 0 Å². The quantitative estimate of drug-likeness (QED) is 0.840. The maximum atomic E-state index is 13.4. The molecule has 1 fully saturated rings. The van der Waals surface area contributed by atoms with Crippen LogP contribution in [0.25, 0.3) is 0 Å². The van der Waals surface area contributed by atoms with Crippen LogP contribution in [0.1, 0.15) is 24.8 Å². The number of hydrogen-bond acceptors (Lipinski definition) is 1. The van der Waals surface area contributed by atoms with E-state index < -0.39 is 0 Å². The van der Waals surface area contributed by atoms with E-state index in [0.29, 0.717) is 17.0 Å². The third-order valence-electron chi connectivity index (χ3n) is 2.82. The highest BCUT2D eigenvalue weighted by atomic mass is 35.5. The van der Waals surface area contributed by atoms with E-state index >= 15 is 0 Å². The van der Waals surface area contributed by atoms with Crippen molar-refractivity contribution in [1.82, 2.24) is 0 Å². The van der Waals surface area contributed by atoms with Crippen LogP contribution >= 0.6 is 11.6 Å². The molecule has 1 aromatic carbocycles. The second kappa shape index (κ2) is 4.50. The Labute approximate surface area is 94.4 Å². The first-order valence-electron chi connectivity index (χ1n) is 5.34. The van der Waals surface area contributed by atoms with Crippen LogP contribution in [0.4, 0.5) is 4.39 Å².